The van der Waals surface area contributed by atoms with Gasteiger partial charge >= 0.3 is 6.18 Å². The third-order valence-electron chi connectivity index (χ3n) is 4.45. The van der Waals surface area contributed by atoms with Crippen molar-refractivity contribution in [2.45, 2.75) is 19.7 Å². The van der Waals surface area contributed by atoms with Crippen molar-refractivity contribution in [2.24, 2.45) is 5.16 Å². The predicted octanol–water partition coefficient (Wildman–Crippen LogP) is 5.91. The average molecular weight is 427 g/mol. The van der Waals surface area contributed by atoms with Crippen LogP contribution in [0.4, 0.5) is 13.2 Å². The molecule has 0 saturated carbocycles. The van der Waals surface area contributed by atoms with Gasteiger partial charge in [-0.1, -0.05) is 47.6 Å². The molecule has 0 saturated heterocycles. The lowest BCUT2D eigenvalue weighted by atomic mass is 10.1. The summed E-state index contributed by atoms with van der Waals surface area (Å²) in [6.45, 7) is 1.74. The number of ether oxygens (including phenoxy) is 1. The summed E-state index contributed by atoms with van der Waals surface area (Å²) in [5.74, 6) is 0.436. The molecule has 0 fully saturated rings. The van der Waals surface area contributed by atoms with Gasteiger partial charge in [-0.05, 0) is 54.4 Å². The molecule has 0 heterocycles. The maximum atomic E-state index is 12.6. The molecule has 0 amide bonds. The second-order valence-corrected chi connectivity index (χ2v) is 6.75. The number of nitrogens with zero attached hydrogens (tertiary/aromatic N) is 1. The van der Waals surface area contributed by atoms with E-state index in [1.165, 1.54) is 12.1 Å². The first-order chi connectivity index (χ1) is 14.8. The Morgan fingerprint density at radius 1 is 0.871 bits per heavy atom. The molecule has 3 rings (SSSR count). The van der Waals surface area contributed by atoms with Crippen LogP contribution < -0.4 is 4.74 Å². The fourth-order valence-electron chi connectivity index (χ4n) is 2.69. The van der Waals surface area contributed by atoms with Gasteiger partial charge in [0.1, 0.15) is 12.4 Å². The van der Waals surface area contributed by atoms with Gasteiger partial charge in [-0.15, -0.1) is 0 Å². The monoisotopic (exact) mass is 427 g/mol. The van der Waals surface area contributed by atoms with Gasteiger partial charge in [-0.25, -0.2) is 0 Å². The molecule has 3 aromatic rings. The van der Waals surface area contributed by atoms with Crippen molar-refractivity contribution in [1.29, 1.82) is 0 Å². The Morgan fingerprint density at radius 2 is 1.52 bits per heavy atom. The molecule has 0 N–H and O–H groups in total. The molecule has 0 radical (unpaired) electrons. The number of halogens is 3. The van der Waals surface area contributed by atoms with Gasteiger partial charge in [0, 0.05) is 5.56 Å². The zero-order valence-corrected chi connectivity index (χ0v) is 16.7. The highest BCUT2D eigenvalue weighted by Crippen LogP contribution is 2.29. The Balaban J connectivity index is 1.50. The van der Waals surface area contributed by atoms with E-state index in [-0.39, 0.29) is 19.0 Å². The number of alkyl halides is 3. The number of hydrogen-bond donors (Lipinski definition) is 0. The maximum Gasteiger partial charge on any atom is 0.416 e. The normalized spacial score (nSPS) is 11.8. The van der Waals surface area contributed by atoms with Crippen LogP contribution in [0.1, 0.15) is 34.0 Å². The summed E-state index contributed by atoms with van der Waals surface area (Å²) < 4.78 is 43.3. The zero-order valence-electron chi connectivity index (χ0n) is 16.7. The topological polar surface area (TPSA) is 47.9 Å². The molecule has 0 bridgehead atoms. The van der Waals surface area contributed by atoms with Crippen molar-refractivity contribution in [2.75, 3.05) is 6.61 Å². The third kappa shape index (κ3) is 6.44. The van der Waals surface area contributed by atoms with E-state index in [9.17, 15) is 18.0 Å². The third-order valence-corrected chi connectivity index (χ3v) is 4.45. The Hall–Kier alpha value is -3.61. The van der Waals surface area contributed by atoms with Crippen LogP contribution in [0.25, 0.3) is 0 Å². The Labute approximate surface area is 177 Å². The van der Waals surface area contributed by atoms with E-state index in [1.54, 1.807) is 55.5 Å². The molecule has 0 aromatic heterocycles. The fourth-order valence-corrected chi connectivity index (χ4v) is 2.69. The number of ketones is 1. The van der Waals surface area contributed by atoms with Crippen LogP contribution in [0, 0.1) is 0 Å². The Morgan fingerprint density at radius 3 is 2.13 bits per heavy atom. The molecule has 3 aromatic carbocycles. The van der Waals surface area contributed by atoms with Gasteiger partial charge in [0.15, 0.2) is 12.4 Å². The van der Waals surface area contributed by atoms with E-state index in [1.807, 2.05) is 6.07 Å². The van der Waals surface area contributed by atoms with Crippen LogP contribution in [0.5, 0.6) is 5.75 Å². The summed E-state index contributed by atoms with van der Waals surface area (Å²) in [7, 11) is 0. The zero-order chi connectivity index (χ0) is 22.3. The van der Waals surface area contributed by atoms with E-state index in [4.69, 9.17) is 9.57 Å². The number of Topliss-reactive ketones (excluding diaryl/α,β-unsaturated/α-hetero) is 1. The predicted molar refractivity (Wildman–Crippen MR) is 111 cm³/mol. The van der Waals surface area contributed by atoms with E-state index < -0.39 is 11.7 Å². The van der Waals surface area contributed by atoms with E-state index in [0.717, 1.165) is 17.7 Å². The van der Waals surface area contributed by atoms with Crippen LogP contribution in [-0.2, 0) is 17.6 Å². The molecular weight excluding hydrogens is 407 g/mol. The smallest absolute Gasteiger partial charge is 0.416 e. The second-order valence-electron chi connectivity index (χ2n) is 6.75. The average Bonchev–Trinajstić information content (AvgIpc) is 2.78. The van der Waals surface area contributed by atoms with Crippen molar-refractivity contribution in [3.05, 3.63) is 101 Å². The highest BCUT2D eigenvalue weighted by Gasteiger charge is 2.29. The van der Waals surface area contributed by atoms with Crippen LogP contribution in [0.3, 0.4) is 0 Å². The van der Waals surface area contributed by atoms with Crippen molar-refractivity contribution in [3.8, 4) is 5.75 Å². The number of carbonyl (C=O) groups is 1. The molecule has 0 aliphatic carbocycles. The van der Waals surface area contributed by atoms with E-state index >= 15 is 0 Å². The van der Waals surface area contributed by atoms with E-state index in [2.05, 4.69) is 5.16 Å². The lowest BCUT2D eigenvalue weighted by molar-refractivity contribution is -0.137. The number of oxime groups is 1. The first-order valence-electron chi connectivity index (χ1n) is 9.47. The highest BCUT2D eigenvalue weighted by molar-refractivity contribution is 5.98. The molecule has 0 aliphatic rings. The van der Waals surface area contributed by atoms with Crippen molar-refractivity contribution in [1.82, 2.24) is 0 Å². The van der Waals surface area contributed by atoms with Crippen LogP contribution in [-0.4, -0.2) is 18.1 Å². The summed E-state index contributed by atoms with van der Waals surface area (Å²) in [5.41, 5.74) is 1.85. The SMILES string of the molecule is CC(=NOCc1ccc(C(F)(F)F)cc1)c1ccc(OCC(=O)c2ccccc2)cc1. The largest absolute Gasteiger partial charge is 0.485 e. The summed E-state index contributed by atoms with van der Waals surface area (Å²) in [4.78, 5) is 17.3. The van der Waals surface area contributed by atoms with E-state index in [0.29, 0.717) is 22.6 Å². The summed E-state index contributed by atoms with van der Waals surface area (Å²) in [6.07, 6.45) is -4.36. The van der Waals surface area contributed by atoms with Gasteiger partial charge in [0.25, 0.3) is 0 Å². The lowest BCUT2D eigenvalue weighted by Gasteiger charge is -2.08. The minimum atomic E-state index is -4.36. The van der Waals surface area contributed by atoms with Gasteiger partial charge in [0.05, 0.1) is 11.3 Å². The van der Waals surface area contributed by atoms with Crippen LogP contribution in [0.15, 0.2) is 84.0 Å². The van der Waals surface area contributed by atoms with Crippen molar-refractivity contribution in [3.63, 3.8) is 0 Å². The molecule has 0 spiro atoms. The standard InChI is InChI=1S/C24H20F3NO3/c1-17(28-31-15-18-7-11-21(12-8-18)24(25,26)27)19-9-13-22(14-10-19)30-16-23(29)20-5-3-2-4-6-20/h2-14H,15-16H2,1H3. The quantitative estimate of drug-likeness (QED) is 0.255. The molecular formula is C24H20F3NO3. The summed E-state index contributed by atoms with van der Waals surface area (Å²) in [6, 6.07) is 20.6. The number of carbonyl (C=O) groups excluding carboxylic acids is 1. The molecule has 0 atom stereocenters. The molecule has 0 aliphatic heterocycles. The van der Waals surface area contributed by atoms with Crippen molar-refractivity contribution < 1.29 is 27.5 Å². The first-order valence-corrected chi connectivity index (χ1v) is 9.47. The van der Waals surface area contributed by atoms with Crippen LogP contribution >= 0.6 is 0 Å². The first kappa shape index (κ1) is 22.1. The molecule has 4 nitrogen and oxygen atoms in total. The number of hydrogen-bond acceptors (Lipinski definition) is 4. The molecule has 160 valence electrons. The van der Waals surface area contributed by atoms with Gasteiger partial charge in [-0.3, -0.25) is 4.79 Å². The maximum absolute atomic E-state index is 12.6. The summed E-state index contributed by atoms with van der Waals surface area (Å²) >= 11 is 0. The van der Waals surface area contributed by atoms with Gasteiger partial charge < -0.3 is 9.57 Å². The number of benzene rings is 3. The minimum Gasteiger partial charge on any atom is -0.485 e. The summed E-state index contributed by atoms with van der Waals surface area (Å²) in [5, 5.41) is 4.00. The highest BCUT2D eigenvalue weighted by atomic mass is 19.4. The van der Waals surface area contributed by atoms with Crippen molar-refractivity contribution >= 4 is 11.5 Å². The number of rotatable bonds is 8. The lowest BCUT2D eigenvalue weighted by Crippen LogP contribution is -2.11. The molecule has 7 heteroatoms. The fraction of sp³-hybridized carbons (Fsp3) is 0.167. The van der Waals surface area contributed by atoms with Crippen LogP contribution in [0.2, 0.25) is 0 Å². The Bertz CT molecular complexity index is 1030. The second kappa shape index (κ2) is 9.93. The molecule has 31 heavy (non-hydrogen) atoms. The Kier molecular flexibility index (Phi) is 7.07. The molecule has 0 unspecified atom stereocenters. The van der Waals surface area contributed by atoms with Gasteiger partial charge in [0.2, 0.25) is 0 Å². The minimum absolute atomic E-state index is 0.0538. The van der Waals surface area contributed by atoms with Gasteiger partial charge in [-0.2, -0.15) is 13.2 Å².